The quantitative estimate of drug-likeness (QED) is 0.524. The predicted octanol–water partition coefficient (Wildman–Crippen LogP) is 5.05. The van der Waals surface area contributed by atoms with Gasteiger partial charge in [-0.05, 0) is 62.4 Å². The van der Waals surface area contributed by atoms with E-state index in [1.165, 1.54) is 6.42 Å². The van der Waals surface area contributed by atoms with E-state index < -0.39 is 6.04 Å². The molecule has 1 atom stereocenters. The number of ether oxygens (including phenoxy) is 1. The summed E-state index contributed by atoms with van der Waals surface area (Å²) in [4.78, 5) is 27.8. The highest BCUT2D eigenvalue weighted by Crippen LogP contribution is 2.22. The molecule has 2 aromatic carbocycles. The number of carbonyl (C=O) groups is 2. The monoisotopic (exact) mass is 500 g/mol. The van der Waals surface area contributed by atoms with Gasteiger partial charge < -0.3 is 15.0 Å². The van der Waals surface area contributed by atoms with Gasteiger partial charge in [0, 0.05) is 17.1 Å². The van der Waals surface area contributed by atoms with Crippen LogP contribution in [0.2, 0.25) is 0 Å². The molecule has 0 aliphatic heterocycles. The second-order valence-electron chi connectivity index (χ2n) is 8.54. The first kappa shape index (κ1) is 24.3. The summed E-state index contributed by atoms with van der Waals surface area (Å²) in [5, 5.41) is 3.16. The highest BCUT2D eigenvalue weighted by molar-refractivity contribution is 9.10. The number of amides is 2. The fourth-order valence-corrected chi connectivity index (χ4v) is 4.32. The molecule has 2 amide bonds. The molecular formula is C26H33BrN2O3. The van der Waals surface area contributed by atoms with Crippen LogP contribution in [-0.4, -0.2) is 41.9 Å². The molecule has 1 aliphatic rings. The minimum Gasteiger partial charge on any atom is -0.484 e. The van der Waals surface area contributed by atoms with E-state index in [-0.39, 0.29) is 24.5 Å². The van der Waals surface area contributed by atoms with Crippen LogP contribution < -0.4 is 10.1 Å². The highest BCUT2D eigenvalue weighted by Gasteiger charge is 2.28. The minimum atomic E-state index is -0.552. The first-order valence-electron chi connectivity index (χ1n) is 11.5. The van der Waals surface area contributed by atoms with Crippen LogP contribution in [0, 0.1) is 6.92 Å². The fraction of sp³-hybridized carbons (Fsp3) is 0.462. The molecule has 1 N–H and O–H groups in total. The smallest absolute Gasteiger partial charge is 0.261 e. The standard InChI is InChI=1S/C26H33BrN2O3/c1-19-17-23(13-14-24(19)27)32-18-25(30)29(16-15-21-9-5-3-6-10-21)20(2)26(31)28-22-11-7-4-8-12-22/h3,5-6,9-10,13-14,17,20,22H,4,7-8,11-12,15-16,18H2,1-2H3,(H,28,31)/t20-/m1/s1. The van der Waals surface area contributed by atoms with E-state index in [4.69, 9.17) is 4.74 Å². The van der Waals surface area contributed by atoms with Gasteiger partial charge in [-0.2, -0.15) is 0 Å². The molecule has 1 saturated carbocycles. The highest BCUT2D eigenvalue weighted by atomic mass is 79.9. The van der Waals surface area contributed by atoms with Crippen LogP contribution in [-0.2, 0) is 16.0 Å². The molecule has 0 radical (unpaired) electrons. The van der Waals surface area contributed by atoms with Gasteiger partial charge in [-0.1, -0.05) is 65.5 Å². The molecule has 2 aromatic rings. The third kappa shape index (κ3) is 7.09. The average Bonchev–Trinajstić information content (AvgIpc) is 2.81. The van der Waals surface area contributed by atoms with Crippen molar-refractivity contribution in [2.75, 3.05) is 13.2 Å². The summed E-state index contributed by atoms with van der Waals surface area (Å²) in [5.74, 6) is 0.368. The maximum Gasteiger partial charge on any atom is 0.261 e. The summed E-state index contributed by atoms with van der Waals surface area (Å²) >= 11 is 3.48. The lowest BCUT2D eigenvalue weighted by Gasteiger charge is -2.31. The SMILES string of the molecule is Cc1cc(OCC(=O)N(CCc2ccccc2)[C@H](C)C(=O)NC2CCCCC2)ccc1Br. The van der Waals surface area contributed by atoms with E-state index in [1.807, 2.05) is 62.4 Å². The number of benzene rings is 2. The Morgan fingerprint density at radius 3 is 2.53 bits per heavy atom. The van der Waals surface area contributed by atoms with E-state index in [2.05, 4.69) is 21.2 Å². The lowest BCUT2D eigenvalue weighted by molar-refractivity contribution is -0.141. The molecule has 1 fully saturated rings. The molecule has 5 nitrogen and oxygen atoms in total. The van der Waals surface area contributed by atoms with Crippen LogP contribution >= 0.6 is 15.9 Å². The fourth-order valence-electron chi connectivity index (χ4n) is 4.07. The second kappa shape index (κ2) is 12.0. The molecule has 0 spiro atoms. The van der Waals surface area contributed by atoms with Gasteiger partial charge in [0.15, 0.2) is 6.61 Å². The number of halogens is 1. The van der Waals surface area contributed by atoms with Crippen LogP contribution in [0.1, 0.15) is 50.2 Å². The molecule has 0 heterocycles. The Bertz CT molecular complexity index is 897. The molecule has 0 saturated heterocycles. The average molecular weight is 501 g/mol. The van der Waals surface area contributed by atoms with Crippen molar-refractivity contribution in [2.45, 2.75) is 64.5 Å². The summed E-state index contributed by atoms with van der Waals surface area (Å²) in [6, 6.07) is 15.3. The Balaban J connectivity index is 1.65. The van der Waals surface area contributed by atoms with Crippen molar-refractivity contribution in [1.82, 2.24) is 10.2 Å². The Morgan fingerprint density at radius 1 is 1.12 bits per heavy atom. The van der Waals surface area contributed by atoms with Crippen molar-refractivity contribution in [3.63, 3.8) is 0 Å². The van der Waals surface area contributed by atoms with Gasteiger partial charge in [0.05, 0.1) is 0 Å². The maximum atomic E-state index is 13.1. The lowest BCUT2D eigenvalue weighted by Crippen LogP contribution is -2.52. The Hall–Kier alpha value is -2.34. The predicted molar refractivity (Wildman–Crippen MR) is 131 cm³/mol. The van der Waals surface area contributed by atoms with Crippen LogP contribution in [0.25, 0.3) is 0 Å². The summed E-state index contributed by atoms with van der Waals surface area (Å²) < 4.78 is 6.77. The van der Waals surface area contributed by atoms with E-state index in [0.29, 0.717) is 18.7 Å². The van der Waals surface area contributed by atoms with Gasteiger partial charge in [-0.15, -0.1) is 0 Å². The number of nitrogens with zero attached hydrogens (tertiary/aromatic N) is 1. The second-order valence-corrected chi connectivity index (χ2v) is 9.40. The van der Waals surface area contributed by atoms with Gasteiger partial charge in [0.25, 0.3) is 5.91 Å². The summed E-state index contributed by atoms with van der Waals surface area (Å²) in [6.45, 7) is 4.15. The first-order chi connectivity index (χ1) is 15.4. The lowest BCUT2D eigenvalue weighted by atomic mass is 9.95. The van der Waals surface area contributed by atoms with Crippen LogP contribution in [0.3, 0.4) is 0 Å². The molecule has 0 unspecified atom stereocenters. The molecule has 0 aromatic heterocycles. The van der Waals surface area contributed by atoms with Gasteiger partial charge in [0.1, 0.15) is 11.8 Å². The number of hydrogen-bond acceptors (Lipinski definition) is 3. The Morgan fingerprint density at radius 2 is 1.84 bits per heavy atom. The minimum absolute atomic E-state index is 0.0854. The topological polar surface area (TPSA) is 58.6 Å². The van der Waals surface area contributed by atoms with Crippen molar-refractivity contribution in [1.29, 1.82) is 0 Å². The van der Waals surface area contributed by atoms with Crippen molar-refractivity contribution in [3.8, 4) is 5.75 Å². The number of hydrogen-bond donors (Lipinski definition) is 1. The van der Waals surface area contributed by atoms with E-state index in [1.54, 1.807) is 4.90 Å². The molecule has 0 bridgehead atoms. The zero-order chi connectivity index (χ0) is 22.9. The normalized spacial score (nSPS) is 15.1. The van der Waals surface area contributed by atoms with E-state index in [9.17, 15) is 9.59 Å². The van der Waals surface area contributed by atoms with Gasteiger partial charge in [0.2, 0.25) is 5.91 Å². The molecular weight excluding hydrogens is 468 g/mol. The van der Waals surface area contributed by atoms with Gasteiger partial charge in [-0.25, -0.2) is 0 Å². The molecule has 172 valence electrons. The van der Waals surface area contributed by atoms with Crippen LogP contribution in [0.5, 0.6) is 5.75 Å². The van der Waals surface area contributed by atoms with Gasteiger partial charge >= 0.3 is 0 Å². The summed E-state index contributed by atoms with van der Waals surface area (Å²) in [6.07, 6.45) is 6.25. The number of rotatable bonds is 9. The number of nitrogens with one attached hydrogen (secondary N) is 1. The summed E-state index contributed by atoms with van der Waals surface area (Å²) in [5.41, 5.74) is 2.17. The molecule has 1 aliphatic carbocycles. The Labute approximate surface area is 199 Å². The molecule has 32 heavy (non-hydrogen) atoms. The van der Waals surface area contributed by atoms with Crippen LogP contribution in [0.15, 0.2) is 53.0 Å². The maximum absolute atomic E-state index is 13.1. The number of carbonyl (C=O) groups excluding carboxylic acids is 2. The first-order valence-corrected chi connectivity index (χ1v) is 12.3. The van der Waals surface area contributed by atoms with Crippen LogP contribution in [0.4, 0.5) is 0 Å². The van der Waals surface area contributed by atoms with Gasteiger partial charge in [-0.3, -0.25) is 9.59 Å². The third-order valence-electron chi connectivity index (χ3n) is 6.09. The largest absolute Gasteiger partial charge is 0.484 e. The summed E-state index contributed by atoms with van der Waals surface area (Å²) in [7, 11) is 0. The van der Waals surface area contributed by atoms with Crippen molar-refractivity contribution >= 4 is 27.7 Å². The number of aryl methyl sites for hydroxylation is 1. The van der Waals surface area contributed by atoms with Crippen molar-refractivity contribution in [3.05, 3.63) is 64.1 Å². The Kier molecular flexibility index (Phi) is 9.15. The van der Waals surface area contributed by atoms with Crippen molar-refractivity contribution < 1.29 is 14.3 Å². The zero-order valence-corrected chi connectivity index (χ0v) is 20.6. The van der Waals surface area contributed by atoms with Crippen molar-refractivity contribution in [2.24, 2.45) is 0 Å². The van der Waals surface area contributed by atoms with E-state index in [0.717, 1.165) is 41.3 Å². The molecule has 6 heteroatoms. The zero-order valence-electron chi connectivity index (χ0n) is 19.0. The third-order valence-corrected chi connectivity index (χ3v) is 6.98. The molecule has 3 rings (SSSR count). The van der Waals surface area contributed by atoms with E-state index >= 15 is 0 Å².